The van der Waals surface area contributed by atoms with E-state index in [2.05, 4.69) is 10.2 Å². The number of urea groups is 1. The van der Waals surface area contributed by atoms with Gasteiger partial charge in [0.2, 0.25) is 0 Å². The number of piperazine rings is 1. The zero-order valence-corrected chi connectivity index (χ0v) is 11.6. The summed E-state index contributed by atoms with van der Waals surface area (Å²) in [6.45, 7) is 4.76. The molecule has 1 saturated heterocycles. The van der Waals surface area contributed by atoms with Crippen molar-refractivity contribution in [1.82, 2.24) is 9.80 Å². The molecule has 0 aliphatic carbocycles. The predicted molar refractivity (Wildman–Crippen MR) is 75.1 cm³/mol. The first-order valence-corrected chi connectivity index (χ1v) is 6.76. The second-order valence-electron chi connectivity index (χ2n) is 5.00. The highest BCUT2D eigenvalue weighted by Gasteiger charge is 2.23. The van der Waals surface area contributed by atoms with Gasteiger partial charge in [0.25, 0.3) is 0 Å². The fraction of sp³-hybridized carbons (Fsp3) is 0.500. The number of anilines is 1. The van der Waals surface area contributed by atoms with Crippen LogP contribution < -0.4 is 5.32 Å². The van der Waals surface area contributed by atoms with Crippen molar-refractivity contribution in [3.63, 3.8) is 0 Å². The Balaban J connectivity index is 1.86. The molecule has 0 unspecified atom stereocenters. The van der Waals surface area contributed by atoms with Crippen LogP contribution in [0, 0.1) is 5.82 Å². The van der Waals surface area contributed by atoms with Crippen molar-refractivity contribution >= 4 is 11.7 Å². The molecule has 1 aromatic carbocycles. The van der Waals surface area contributed by atoms with Gasteiger partial charge < -0.3 is 15.3 Å². The van der Waals surface area contributed by atoms with Crippen molar-refractivity contribution in [2.75, 3.05) is 38.1 Å². The van der Waals surface area contributed by atoms with Crippen LogP contribution in [0.4, 0.5) is 14.9 Å². The van der Waals surface area contributed by atoms with E-state index in [4.69, 9.17) is 5.11 Å². The van der Waals surface area contributed by atoms with Crippen molar-refractivity contribution in [2.24, 2.45) is 0 Å². The molecule has 5 nitrogen and oxygen atoms in total. The summed E-state index contributed by atoms with van der Waals surface area (Å²) in [5.41, 5.74) is 0.459. The van der Waals surface area contributed by atoms with Crippen LogP contribution >= 0.6 is 0 Å². The topological polar surface area (TPSA) is 55.8 Å². The number of carbonyl (C=O) groups excluding carboxylic acids is 1. The highest BCUT2D eigenvalue weighted by atomic mass is 19.1. The van der Waals surface area contributed by atoms with Gasteiger partial charge in [-0.3, -0.25) is 4.90 Å². The first-order valence-electron chi connectivity index (χ1n) is 6.76. The number of benzene rings is 1. The number of aliphatic hydroxyl groups excluding tert-OH is 1. The molecule has 1 aromatic rings. The Kier molecular flexibility index (Phi) is 4.92. The Bertz CT molecular complexity index is 461. The van der Waals surface area contributed by atoms with Gasteiger partial charge in [0.1, 0.15) is 5.82 Å². The third-order valence-electron chi connectivity index (χ3n) is 3.56. The molecule has 1 aliphatic rings. The van der Waals surface area contributed by atoms with Gasteiger partial charge >= 0.3 is 6.03 Å². The zero-order valence-electron chi connectivity index (χ0n) is 11.6. The zero-order chi connectivity index (χ0) is 14.5. The lowest BCUT2D eigenvalue weighted by Crippen LogP contribution is -2.53. The molecule has 0 saturated carbocycles. The van der Waals surface area contributed by atoms with Crippen molar-refractivity contribution in [1.29, 1.82) is 0 Å². The Labute approximate surface area is 118 Å². The molecule has 2 rings (SSSR count). The number of carbonyl (C=O) groups is 1. The van der Waals surface area contributed by atoms with Crippen LogP contribution in [0.25, 0.3) is 0 Å². The number of aliphatic hydroxyl groups is 1. The maximum atomic E-state index is 13.0. The summed E-state index contributed by atoms with van der Waals surface area (Å²) in [6.07, 6.45) is 0. The molecule has 1 heterocycles. The number of hydrogen-bond acceptors (Lipinski definition) is 3. The molecule has 0 radical (unpaired) electrons. The van der Waals surface area contributed by atoms with E-state index in [0.717, 1.165) is 13.1 Å². The smallest absolute Gasteiger partial charge is 0.321 e. The summed E-state index contributed by atoms with van der Waals surface area (Å²) in [5, 5.41) is 11.8. The molecular weight excluding hydrogens is 261 g/mol. The van der Waals surface area contributed by atoms with Crippen LogP contribution in [0.5, 0.6) is 0 Å². The third-order valence-corrected chi connectivity index (χ3v) is 3.56. The summed E-state index contributed by atoms with van der Waals surface area (Å²) in [4.78, 5) is 15.9. The van der Waals surface area contributed by atoms with Gasteiger partial charge in [-0.2, -0.15) is 0 Å². The minimum atomic E-state index is -0.371. The van der Waals surface area contributed by atoms with Gasteiger partial charge in [-0.1, -0.05) is 6.07 Å². The van der Waals surface area contributed by atoms with Crippen LogP contribution in [0.1, 0.15) is 6.92 Å². The van der Waals surface area contributed by atoms with Gasteiger partial charge in [-0.05, 0) is 25.1 Å². The molecule has 0 spiro atoms. The second-order valence-corrected chi connectivity index (χ2v) is 5.00. The molecule has 6 heteroatoms. The van der Waals surface area contributed by atoms with E-state index < -0.39 is 0 Å². The lowest BCUT2D eigenvalue weighted by molar-refractivity contribution is 0.0870. The Hall–Kier alpha value is -1.66. The molecule has 1 aliphatic heterocycles. The first kappa shape index (κ1) is 14.7. The van der Waals surface area contributed by atoms with E-state index in [1.165, 1.54) is 12.1 Å². The quantitative estimate of drug-likeness (QED) is 0.879. The number of amides is 2. The van der Waals surface area contributed by atoms with Gasteiger partial charge in [-0.15, -0.1) is 0 Å². The number of nitrogens with zero attached hydrogens (tertiary/aromatic N) is 2. The van der Waals surface area contributed by atoms with Crippen LogP contribution in [-0.2, 0) is 0 Å². The summed E-state index contributed by atoms with van der Waals surface area (Å²) in [7, 11) is 0. The van der Waals surface area contributed by atoms with E-state index in [0.29, 0.717) is 18.8 Å². The fourth-order valence-corrected chi connectivity index (χ4v) is 2.25. The number of rotatable bonds is 3. The van der Waals surface area contributed by atoms with E-state index in [1.807, 2.05) is 6.92 Å². The molecular formula is C14H20FN3O2. The summed E-state index contributed by atoms with van der Waals surface area (Å²) >= 11 is 0. The number of halogens is 1. The molecule has 2 N–H and O–H groups in total. The number of nitrogens with one attached hydrogen (secondary N) is 1. The number of hydrogen-bond donors (Lipinski definition) is 2. The lowest BCUT2D eigenvalue weighted by atomic mass is 10.2. The molecule has 0 bridgehead atoms. The standard InChI is InChI=1S/C14H20FN3O2/c1-11(10-19)17-5-7-18(8-6-17)14(20)16-13-4-2-3-12(15)9-13/h2-4,9,11,19H,5-8,10H2,1H3,(H,16,20)/t11-/m0/s1. The van der Waals surface area contributed by atoms with E-state index in [1.54, 1.807) is 17.0 Å². The first-order chi connectivity index (χ1) is 9.60. The highest BCUT2D eigenvalue weighted by molar-refractivity contribution is 5.89. The maximum absolute atomic E-state index is 13.0. The molecule has 0 aromatic heterocycles. The normalized spacial score (nSPS) is 17.9. The van der Waals surface area contributed by atoms with Crippen molar-refractivity contribution in [3.8, 4) is 0 Å². The summed E-state index contributed by atoms with van der Waals surface area (Å²) < 4.78 is 13.0. The average molecular weight is 281 g/mol. The molecule has 2 amide bonds. The van der Waals surface area contributed by atoms with E-state index >= 15 is 0 Å². The van der Waals surface area contributed by atoms with Crippen LogP contribution in [0.3, 0.4) is 0 Å². The monoisotopic (exact) mass is 281 g/mol. The van der Waals surface area contributed by atoms with Gasteiger partial charge in [0.05, 0.1) is 6.61 Å². The van der Waals surface area contributed by atoms with Crippen LogP contribution in [-0.4, -0.2) is 59.8 Å². The molecule has 1 fully saturated rings. The largest absolute Gasteiger partial charge is 0.395 e. The minimum Gasteiger partial charge on any atom is -0.395 e. The average Bonchev–Trinajstić information content (AvgIpc) is 2.46. The maximum Gasteiger partial charge on any atom is 0.321 e. The fourth-order valence-electron chi connectivity index (χ4n) is 2.25. The van der Waals surface area contributed by atoms with Crippen molar-refractivity contribution in [2.45, 2.75) is 13.0 Å². The minimum absolute atomic E-state index is 0.114. The van der Waals surface area contributed by atoms with Gasteiger partial charge in [-0.25, -0.2) is 9.18 Å². The Morgan fingerprint density at radius 1 is 1.40 bits per heavy atom. The van der Waals surface area contributed by atoms with Gasteiger partial charge in [0, 0.05) is 37.9 Å². The second kappa shape index (κ2) is 6.67. The SMILES string of the molecule is C[C@@H](CO)N1CCN(C(=O)Nc2cccc(F)c2)CC1. The van der Waals surface area contributed by atoms with Crippen LogP contribution in [0.15, 0.2) is 24.3 Å². The third kappa shape index (κ3) is 3.68. The lowest BCUT2D eigenvalue weighted by Gasteiger charge is -2.37. The van der Waals surface area contributed by atoms with Crippen molar-refractivity contribution in [3.05, 3.63) is 30.1 Å². The summed E-state index contributed by atoms with van der Waals surface area (Å²) in [5.74, 6) is -0.371. The Morgan fingerprint density at radius 2 is 2.10 bits per heavy atom. The van der Waals surface area contributed by atoms with Gasteiger partial charge in [0.15, 0.2) is 0 Å². The van der Waals surface area contributed by atoms with Crippen molar-refractivity contribution < 1.29 is 14.3 Å². The summed E-state index contributed by atoms with van der Waals surface area (Å²) in [6, 6.07) is 5.75. The molecule has 110 valence electrons. The van der Waals surface area contributed by atoms with Crippen LogP contribution in [0.2, 0.25) is 0 Å². The molecule has 20 heavy (non-hydrogen) atoms. The molecule has 1 atom stereocenters. The van der Waals surface area contributed by atoms with E-state index in [9.17, 15) is 9.18 Å². The van der Waals surface area contributed by atoms with E-state index in [-0.39, 0.29) is 24.5 Å². The highest BCUT2D eigenvalue weighted by Crippen LogP contribution is 2.12. The Morgan fingerprint density at radius 3 is 2.70 bits per heavy atom. The predicted octanol–water partition coefficient (Wildman–Crippen LogP) is 1.36.